The van der Waals surface area contributed by atoms with Gasteiger partial charge in [0.15, 0.2) is 11.6 Å². The van der Waals surface area contributed by atoms with E-state index in [9.17, 15) is 9.59 Å². The minimum absolute atomic E-state index is 0. The van der Waals surface area contributed by atoms with Crippen molar-refractivity contribution in [3.63, 3.8) is 0 Å². The van der Waals surface area contributed by atoms with Crippen LogP contribution in [0.5, 0.6) is 0 Å². The lowest BCUT2D eigenvalue weighted by molar-refractivity contribution is -0.126. The van der Waals surface area contributed by atoms with Gasteiger partial charge in [-0.15, -0.1) is 10.2 Å². The zero-order chi connectivity index (χ0) is 26.4. The maximum absolute atomic E-state index is 12.8. The van der Waals surface area contributed by atoms with Gasteiger partial charge < -0.3 is 25.1 Å². The van der Waals surface area contributed by atoms with Gasteiger partial charge in [0.2, 0.25) is 5.91 Å². The van der Waals surface area contributed by atoms with Gasteiger partial charge in [0.05, 0.1) is 24.8 Å². The van der Waals surface area contributed by atoms with Crippen LogP contribution in [0.25, 0.3) is 0 Å². The lowest BCUT2D eigenvalue weighted by Crippen LogP contribution is -2.51. The molecule has 2 heterocycles. The summed E-state index contributed by atoms with van der Waals surface area (Å²) in [7, 11) is 0. The number of fused-ring (bicyclic) bond motifs is 1. The third-order valence-corrected chi connectivity index (χ3v) is 6.25. The topological polar surface area (TPSA) is 125 Å². The van der Waals surface area contributed by atoms with Crippen LogP contribution in [0.1, 0.15) is 63.1 Å². The number of ether oxygens (including phenoxy) is 2. The number of nitrogens with one attached hydrogen (secondary N) is 1. The van der Waals surface area contributed by atoms with Crippen LogP contribution in [0, 0.1) is 0 Å². The fourth-order valence-electron chi connectivity index (χ4n) is 4.11. The number of rotatable bonds is 9. The molecular weight excluding hydrogens is 484 g/mol. The summed E-state index contributed by atoms with van der Waals surface area (Å²) in [5.74, 6) is 0.852. The van der Waals surface area contributed by atoms with Crippen molar-refractivity contribution in [2.75, 3.05) is 13.2 Å². The number of aromatic nitrogens is 3. The molecule has 1 aliphatic rings. The van der Waals surface area contributed by atoms with Crippen LogP contribution in [0.3, 0.4) is 0 Å². The molecule has 10 nitrogen and oxygen atoms in total. The number of hydrogen-bond acceptors (Lipinski definition) is 7. The summed E-state index contributed by atoms with van der Waals surface area (Å²) in [6.07, 6.45) is -0.409. The normalized spacial score (nSPS) is 15.7. The van der Waals surface area contributed by atoms with E-state index in [1.165, 1.54) is 0 Å². The fourth-order valence-corrected chi connectivity index (χ4v) is 4.11. The molecule has 1 aliphatic heterocycles. The lowest BCUT2D eigenvalue weighted by atomic mass is 10.1. The molecule has 0 saturated carbocycles. The number of carbonyl (C=O) groups is 2. The first kappa shape index (κ1) is 28.8. The number of nitrogens with zero attached hydrogens (tertiary/aromatic N) is 4. The average Bonchev–Trinajstić information content (AvgIpc) is 3.32. The van der Waals surface area contributed by atoms with E-state index in [0.717, 1.165) is 11.1 Å². The molecule has 0 aliphatic carbocycles. The van der Waals surface area contributed by atoms with Gasteiger partial charge in [-0.3, -0.25) is 9.69 Å². The van der Waals surface area contributed by atoms with Crippen LogP contribution in [-0.4, -0.2) is 50.4 Å². The Bertz CT molecular complexity index is 1190. The predicted molar refractivity (Wildman–Crippen MR) is 144 cm³/mol. The number of nitrogens with two attached hydrogens (primary N) is 1. The maximum atomic E-state index is 12.8. The Morgan fingerprint density at radius 2 is 1.63 bits per heavy atom. The van der Waals surface area contributed by atoms with Crippen molar-refractivity contribution in [3.8, 4) is 0 Å². The molecular formula is C28H38N6O4. The molecule has 2 amide bonds. The van der Waals surface area contributed by atoms with Gasteiger partial charge in [0, 0.05) is 13.1 Å². The number of hydrogen-bond donors (Lipinski definition) is 2. The summed E-state index contributed by atoms with van der Waals surface area (Å²) in [4.78, 5) is 27.2. The molecule has 10 heteroatoms. The van der Waals surface area contributed by atoms with Crippen molar-refractivity contribution in [3.05, 3.63) is 83.4 Å². The fraction of sp³-hybridized carbons (Fsp3) is 0.429. The molecule has 3 aromatic rings. The highest BCUT2D eigenvalue weighted by molar-refractivity contribution is 5.85. The third-order valence-electron chi connectivity index (χ3n) is 6.25. The van der Waals surface area contributed by atoms with E-state index in [1.54, 1.807) is 18.7 Å². The van der Waals surface area contributed by atoms with Gasteiger partial charge in [-0.2, -0.15) is 0 Å². The van der Waals surface area contributed by atoms with Crippen LogP contribution in [0.2, 0.25) is 0 Å². The third kappa shape index (κ3) is 6.96. The van der Waals surface area contributed by atoms with E-state index in [1.807, 2.05) is 72.2 Å². The Labute approximate surface area is 224 Å². The second-order valence-electron chi connectivity index (χ2n) is 9.73. The van der Waals surface area contributed by atoms with Crippen molar-refractivity contribution in [2.24, 2.45) is 5.73 Å². The zero-order valence-electron chi connectivity index (χ0n) is 21.5. The van der Waals surface area contributed by atoms with Crippen LogP contribution in [0.4, 0.5) is 4.79 Å². The average molecular weight is 523 g/mol. The van der Waals surface area contributed by atoms with Gasteiger partial charge in [-0.25, -0.2) is 4.79 Å². The van der Waals surface area contributed by atoms with Crippen LogP contribution in [-0.2, 0) is 34.0 Å². The number of amides is 2. The minimum atomic E-state index is -1.07. The Hall–Kier alpha value is -3.76. The molecule has 0 saturated heterocycles. The van der Waals surface area contributed by atoms with Crippen LogP contribution in [0.15, 0.2) is 60.7 Å². The molecule has 2 aromatic carbocycles. The summed E-state index contributed by atoms with van der Waals surface area (Å²) in [6, 6.07) is 18.4. The first-order chi connectivity index (χ1) is 17.7. The predicted octanol–water partition coefficient (Wildman–Crippen LogP) is 3.74. The van der Waals surface area contributed by atoms with E-state index in [4.69, 9.17) is 15.2 Å². The minimum Gasteiger partial charge on any atom is -0.445 e. The van der Waals surface area contributed by atoms with Crippen LogP contribution < -0.4 is 11.1 Å². The zero-order valence-corrected chi connectivity index (χ0v) is 21.5. The highest BCUT2D eigenvalue weighted by Crippen LogP contribution is 2.27. The SMILES string of the molecule is C.CC1c2nnc([C@@H](COCc3ccccc3)NC(=O)C(C)(C)N)n2CCN1C(=O)OCc1ccccc1. The Balaban J connectivity index is 0.00000400. The van der Waals surface area contributed by atoms with Crippen molar-refractivity contribution in [1.29, 1.82) is 0 Å². The summed E-state index contributed by atoms with van der Waals surface area (Å²) < 4.78 is 13.4. The smallest absolute Gasteiger partial charge is 0.410 e. The Kier molecular flexibility index (Phi) is 9.60. The van der Waals surface area contributed by atoms with Gasteiger partial charge in [-0.05, 0) is 31.9 Å². The maximum Gasteiger partial charge on any atom is 0.410 e. The summed E-state index contributed by atoms with van der Waals surface area (Å²) >= 11 is 0. The molecule has 0 fully saturated rings. The van der Waals surface area contributed by atoms with Gasteiger partial charge in [-0.1, -0.05) is 68.1 Å². The van der Waals surface area contributed by atoms with E-state index in [0.29, 0.717) is 31.3 Å². The van der Waals surface area contributed by atoms with E-state index in [-0.39, 0.29) is 32.6 Å². The van der Waals surface area contributed by atoms with Crippen molar-refractivity contribution in [1.82, 2.24) is 25.0 Å². The molecule has 3 N–H and O–H groups in total. The highest BCUT2D eigenvalue weighted by atomic mass is 16.6. The quantitative estimate of drug-likeness (QED) is 0.439. The lowest BCUT2D eigenvalue weighted by Gasteiger charge is -2.33. The molecule has 0 spiro atoms. The largest absolute Gasteiger partial charge is 0.445 e. The monoisotopic (exact) mass is 522 g/mol. The second kappa shape index (κ2) is 12.7. The second-order valence-corrected chi connectivity index (χ2v) is 9.73. The van der Waals surface area contributed by atoms with Gasteiger partial charge in [0.25, 0.3) is 0 Å². The first-order valence-corrected chi connectivity index (χ1v) is 12.4. The molecule has 1 aromatic heterocycles. The Morgan fingerprint density at radius 1 is 1.03 bits per heavy atom. The Morgan fingerprint density at radius 3 is 2.24 bits per heavy atom. The van der Waals surface area contributed by atoms with E-state index < -0.39 is 17.7 Å². The van der Waals surface area contributed by atoms with Crippen molar-refractivity contribution in [2.45, 2.75) is 65.6 Å². The highest BCUT2D eigenvalue weighted by Gasteiger charge is 2.35. The molecule has 2 atom stereocenters. The number of carbonyl (C=O) groups excluding carboxylic acids is 2. The number of benzene rings is 2. The summed E-state index contributed by atoms with van der Waals surface area (Å²) in [6.45, 7) is 6.82. The van der Waals surface area contributed by atoms with Gasteiger partial charge in [0.1, 0.15) is 12.6 Å². The molecule has 0 bridgehead atoms. The summed E-state index contributed by atoms with van der Waals surface area (Å²) in [5, 5.41) is 11.7. The molecule has 4 rings (SSSR count). The molecule has 38 heavy (non-hydrogen) atoms. The van der Waals surface area contributed by atoms with Gasteiger partial charge >= 0.3 is 6.09 Å². The molecule has 1 unspecified atom stereocenters. The first-order valence-electron chi connectivity index (χ1n) is 12.4. The van der Waals surface area contributed by atoms with Crippen LogP contribution >= 0.6 is 0 Å². The molecule has 0 radical (unpaired) electrons. The van der Waals surface area contributed by atoms with E-state index >= 15 is 0 Å². The van der Waals surface area contributed by atoms with E-state index in [2.05, 4.69) is 15.5 Å². The standard InChI is InChI=1S/C27H34N6O4.CH4/c1-19-23-30-31-24(33(23)15-14-32(19)26(35)37-17-21-12-8-5-9-13-21)22(29-25(34)27(2,3)28)18-36-16-20-10-6-4-7-11-20;/h4-13,19,22H,14-18,28H2,1-3H3,(H,29,34);1H4/t19?,22-;/m1./s1. The van der Waals surface area contributed by atoms with Crippen molar-refractivity contribution >= 4 is 12.0 Å². The molecule has 204 valence electrons. The van der Waals surface area contributed by atoms with Crippen molar-refractivity contribution < 1.29 is 19.1 Å². The summed E-state index contributed by atoms with van der Waals surface area (Å²) in [5.41, 5.74) is 6.90.